The summed E-state index contributed by atoms with van der Waals surface area (Å²) < 4.78 is 0. The SMILES string of the molecule is CCNCC.Cc1ccccc1N. The molecule has 1 aromatic carbocycles. The normalized spacial score (nSPS) is 8.85. The largest absolute Gasteiger partial charge is 0.399 e. The molecule has 0 saturated heterocycles. The van der Waals surface area contributed by atoms with E-state index in [4.69, 9.17) is 5.73 Å². The number of anilines is 1. The summed E-state index contributed by atoms with van der Waals surface area (Å²) in [6.07, 6.45) is 0. The fourth-order valence-electron chi connectivity index (χ4n) is 0.837. The molecule has 0 radical (unpaired) electrons. The Kier molecular flexibility index (Phi) is 7.02. The topological polar surface area (TPSA) is 38.0 Å². The van der Waals surface area contributed by atoms with Crippen LogP contribution in [-0.4, -0.2) is 13.1 Å². The van der Waals surface area contributed by atoms with E-state index in [1.807, 2.05) is 31.2 Å². The van der Waals surface area contributed by atoms with Gasteiger partial charge in [-0.15, -0.1) is 0 Å². The van der Waals surface area contributed by atoms with E-state index >= 15 is 0 Å². The van der Waals surface area contributed by atoms with Crippen LogP contribution < -0.4 is 11.1 Å². The highest BCUT2D eigenvalue weighted by Gasteiger charge is 1.84. The summed E-state index contributed by atoms with van der Waals surface area (Å²) in [5.74, 6) is 0. The Morgan fingerprint density at radius 3 is 1.92 bits per heavy atom. The van der Waals surface area contributed by atoms with Crippen LogP contribution in [-0.2, 0) is 0 Å². The Balaban J connectivity index is 0.000000252. The lowest BCUT2D eigenvalue weighted by atomic mass is 10.2. The van der Waals surface area contributed by atoms with Crippen LogP contribution in [0.4, 0.5) is 5.69 Å². The van der Waals surface area contributed by atoms with Crippen molar-refractivity contribution in [3.63, 3.8) is 0 Å². The molecule has 0 spiro atoms. The summed E-state index contributed by atoms with van der Waals surface area (Å²) in [6, 6.07) is 7.80. The molecule has 1 aromatic rings. The number of aryl methyl sites for hydroxylation is 1. The molecule has 13 heavy (non-hydrogen) atoms. The van der Waals surface area contributed by atoms with Crippen LogP contribution >= 0.6 is 0 Å². The third-order valence-electron chi connectivity index (χ3n) is 1.69. The first-order valence-electron chi connectivity index (χ1n) is 4.74. The van der Waals surface area contributed by atoms with Crippen molar-refractivity contribution in [2.75, 3.05) is 18.8 Å². The van der Waals surface area contributed by atoms with Crippen LogP contribution in [0.15, 0.2) is 24.3 Å². The smallest absolute Gasteiger partial charge is 0.0343 e. The Morgan fingerprint density at radius 1 is 1.15 bits per heavy atom. The van der Waals surface area contributed by atoms with Crippen LogP contribution in [0.2, 0.25) is 0 Å². The average Bonchev–Trinajstić information content (AvgIpc) is 2.13. The van der Waals surface area contributed by atoms with Gasteiger partial charge in [-0.05, 0) is 31.6 Å². The molecular weight excluding hydrogens is 160 g/mol. The van der Waals surface area contributed by atoms with Gasteiger partial charge in [-0.1, -0.05) is 32.0 Å². The molecule has 2 heteroatoms. The van der Waals surface area contributed by atoms with Crippen LogP contribution in [0.5, 0.6) is 0 Å². The number of para-hydroxylation sites is 1. The first-order chi connectivity index (χ1) is 6.22. The third-order valence-corrected chi connectivity index (χ3v) is 1.69. The number of rotatable bonds is 2. The molecule has 0 bridgehead atoms. The first kappa shape index (κ1) is 12.0. The number of nitrogen functional groups attached to an aromatic ring is 1. The molecule has 1 rings (SSSR count). The van der Waals surface area contributed by atoms with Gasteiger partial charge in [0.25, 0.3) is 0 Å². The minimum Gasteiger partial charge on any atom is -0.399 e. The summed E-state index contributed by atoms with van der Waals surface area (Å²) in [6.45, 7) is 8.38. The molecule has 0 unspecified atom stereocenters. The molecule has 0 aromatic heterocycles. The van der Waals surface area contributed by atoms with Gasteiger partial charge in [0.2, 0.25) is 0 Å². The molecule has 3 N–H and O–H groups in total. The van der Waals surface area contributed by atoms with Crippen LogP contribution in [0.3, 0.4) is 0 Å². The Hall–Kier alpha value is -1.02. The first-order valence-corrected chi connectivity index (χ1v) is 4.74. The molecule has 2 nitrogen and oxygen atoms in total. The van der Waals surface area contributed by atoms with Gasteiger partial charge in [-0.2, -0.15) is 0 Å². The van der Waals surface area contributed by atoms with Crippen LogP contribution in [0.1, 0.15) is 19.4 Å². The predicted molar refractivity (Wildman–Crippen MR) is 59.8 cm³/mol. The van der Waals surface area contributed by atoms with Crippen molar-refractivity contribution in [1.29, 1.82) is 0 Å². The highest BCUT2D eigenvalue weighted by atomic mass is 14.8. The average molecular weight is 180 g/mol. The van der Waals surface area contributed by atoms with Crippen molar-refractivity contribution in [3.05, 3.63) is 29.8 Å². The number of nitrogens with two attached hydrogens (primary N) is 1. The fraction of sp³-hybridized carbons (Fsp3) is 0.455. The Bertz CT molecular complexity index is 198. The lowest BCUT2D eigenvalue weighted by Gasteiger charge is -1.93. The summed E-state index contributed by atoms with van der Waals surface area (Å²) in [7, 11) is 0. The maximum atomic E-state index is 5.52. The van der Waals surface area contributed by atoms with E-state index in [2.05, 4.69) is 19.2 Å². The minimum absolute atomic E-state index is 0.868. The van der Waals surface area contributed by atoms with Gasteiger partial charge in [0.1, 0.15) is 0 Å². The minimum atomic E-state index is 0.868. The van der Waals surface area contributed by atoms with Gasteiger partial charge >= 0.3 is 0 Å². The molecule has 0 fully saturated rings. The van der Waals surface area contributed by atoms with E-state index < -0.39 is 0 Å². The lowest BCUT2D eigenvalue weighted by molar-refractivity contribution is 0.762. The summed E-state index contributed by atoms with van der Waals surface area (Å²) >= 11 is 0. The van der Waals surface area contributed by atoms with Crippen molar-refractivity contribution in [1.82, 2.24) is 5.32 Å². The van der Waals surface area contributed by atoms with E-state index in [-0.39, 0.29) is 0 Å². The molecule has 0 aliphatic heterocycles. The maximum Gasteiger partial charge on any atom is 0.0343 e. The predicted octanol–water partition coefficient (Wildman–Crippen LogP) is 2.19. The van der Waals surface area contributed by atoms with Crippen LogP contribution in [0.25, 0.3) is 0 Å². The third kappa shape index (κ3) is 6.17. The van der Waals surface area contributed by atoms with Crippen molar-refractivity contribution in [3.8, 4) is 0 Å². The second kappa shape index (κ2) is 7.62. The standard InChI is InChI=1S/C7H9N.C4H11N/c1-6-4-2-3-5-7(6)8;1-3-5-4-2/h2-5H,8H2,1H3;5H,3-4H2,1-2H3. The number of nitrogens with one attached hydrogen (secondary N) is 1. The molecule has 0 aliphatic carbocycles. The molecule has 0 saturated carbocycles. The van der Waals surface area contributed by atoms with Gasteiger partial charge in [-0.25, -0.2) is 0 Å². The monoisotopic (exact) mass is 180 g/mol. The number of hydrogen-bond donors (Lipinski definition) is 2. The van der Waals surface area contributed by atoms with Crippen molar-refractivity contribution in [2.24, 2.45) is 0 Å². The zero-order valence-electron chi connectivity index (χ0n) is 8.80. The number of benzene rings is 1. The molecular formula is C11H20N2. The molecule has 0 atom stereocenters. The second-order valence-electron chi connectivity index (χ2n) is 2.81. The molecule has 74 valence electrons. The van der Waals surface area contributed by atoms with Gasteiger partial charge in [0.15, 0.2) is 0 Å². The molecule has 0 aliphatic rings. The van der Waals surface area contributed by atoms with Gasteiger partial charge in [-0.3, -0.25) is 0 Å². The van der Waals surface area contributed by atoms with Crippen molar-refractivity contribution in [2.45, 2.75) is 20.8 Å². The van der Waals surface area contributed by atoms with E-state index in [1.54, 1.807) is 0 Å². The highest BCUT2D eigenvalue weighted by molar-refractivity contribution is 5.44. The second-order valence-corrected chi connectivity index (χ2v) is 2.81. The quantitative estimate of drug-likeness (QED) is 0.685. The highest BCUT2D eigenvalue weighted by Crippen LogP contribution is 2.06. The lowest BCUT2D eigenvalue weighted by Crippen LogP contribution is -2.09. The van der Waals surface area contributed by atoms with E-state index in [1.165, 1.54) is 0 Å². The summed E-state index contributed by atoms with van der Waals surface area (Å²) in [5, 5.41) is 3.11. The summed E-state index contributed by atoms with van der Waals surface area (Å²) in [5.41, 5.74) is 7.53. The van der Waals surface area contributed by atoms with Gasteiger partial charge in [0.05, 0.1) is 0 Å². The van der Waals surface area contributed by atoms with E-state index in [0.717, 1.165) is 24.3 Å². The van der Waals surface area contributed by atoms with Crippen molar-refractivity contribution < 1.29 is 0 Å². The zero-order valence-corrected chi connectivity index (χ0v) is 8.80. The Morgan fingerprint density at radius 2 is 1.69 bits per heavy atom. The summed E-state index contributed by atoms with van der Waals surface area (Å²) in [4.78, 5) is 0. The van der Waals surface area contributed by atoms with E-state index in [9.17, 15) is 0 Å². The fourth-order valence-corrected chi connectivity index (χ4v) is 0.837. The zero-order chi connectivity index (χ0) is 10.1. The molecule has 0 amide bonds. The van der Waals surface area contributed by atoms with E-state index in [0.29, 0.717) is 0 Å². The Labute approximate surface area is 81.2 Å². The number of hydrogen-bond acceptors (Lipinski definition) is 2. The van der Waals surface area contributed by atoms with Gasteiger partial charge < -0.3 is 11.1 Å². The van der Waals surface area contributed by atoms with Gasteiger partial charge in [0, 0.05) is 5.69 Å². The van der Waals surface area contributed by atoms with Crippen molar-refractivity contribution >= 4 is 5.69 Å². The molecule has 0 heterocycles. The maximum absolute atomic E-state index is 5.52. The van der Waals surface area contributed by atoms with Crippen LogP contribution in [0, 0.1) is 6.92 Å².